The number of carbonyl (C=O) groups is 1. The molecule has 5 nitrogen and oxygen atoms in total. The molecule has 20 heavy (non-hydrogen) atoms. The standard InChI is InChI=1S/C14H19NO4S/c1-4-10-15(5-2)20(17,18)13-8-6-12(7-9-13)11-14(16)19-3/h4,6-9H,1,5,10-11H2,2-3H3. The number of nitrogens with zero attached hydrogens (tertiary/aromatic N) is 1. The van der Waals surface area contributed by atoms with Gasteiger partial charge in [-0.25, -0.2) is 8.42 Å². The molecule has 0 N–H and O–H groups in total. The van der Waals surface area contributed by atoms with Crippen molar-refractivity contribution in [3.63, 3.8) is 0 Å². The lowest BCUT2D eigenvalue weighted by Crippen LogP contribution is -2.31. The molecule has 0 aliphatic carbocycles. The van der Waals surface area contributed by atoms with Gasteiger partial charge in [0.2, 0.25) is 10.0 Å². The zero-order valence-corrected chi connectivity index (χ0v) is 12.5. The maximum Gasteiger partial charge on any atom is 0.309 e. The van der Waals surface area contributed by atoms with Crippen molar-refractivity contribution in [3.05, 3.63) is 42.5 Å². The fraction of sp³-hybridized carbons (Fsp3) is 0.357. The van der Waals surface area contributed by atoms with E-state index in [2.05, 4.69) is 11.3 Å². The Hall–Kier alpha value is -1.66. The monoisotopic (exact) mass is 297 g/mol. The Morgan fingerprint density at radius 3 is 2.40 bits per heavy atom. The van der Waals surface area contributed by atoms with Gasteiger partial charge in [-0.15, -0.1) is 6.58 Å². The average molecular weight is 297 g/mol. The van der Waals surface area contributed by atoms with Gasteiger partial charge in [-0.3, -0.25) is 4.79 Å². The number of likely N-dealkylation sites (N-methyl/N-ethyl adjacent to an activating group) is 1. The molecule has 0 aliphatic rings. The summed E-state index contributed by atoms with van der Waals surface area (Å²) in [4.78, 5) is 11.3. The highest BCUT2D eigenvalue weighted by Crippen LogP contribution is 2.16. The summed E-state index contributed by atoms with van der Waals surface area (Å²) >= 11 is 0. The predicted octanol–water partition coefficient (Wildman–Crippen LogP) is 1.60. The van der Waals surface area contributed by atoms with Crippen LogP contribution in [0.2, 0.25) is 0 Å². The van der Waals surface area contributed by atoms with Crippen LogP contribution in [0.25, 0.3) is 0 Å². The highest BCUT2D eigenvalue weighted by atomic mass is 32.2. The molecule has 1 aromatic carbocycles. The first-order valence-electron chi connectivity index (χ1n) is 6.22. The van der Waals surface area contributed by atoms with Crippen LogP contribution >= 0.6 is 0 Å². The summed E-state index contributed by atoms with van der Waals surface area (Å²) in [6.45, 7) is 5.96. The number of rotatable bonds is 7. The lowest BCUT2D eigenvalue weighted by atomic mass is 10.2. The molecule has 0 saturated heterocycles. The third kappa shape index (κ3) is 3.91. The third-order valence-corrected chi connectivity index (χ3v) is 4.78. The Bertz CT molecular complexity index is 563. The van der Waals surface area contributed by atoms with Gasteiger partial charge in [-0.05, 0) is 17.7 Å². The first-order valence-corrected chi connectivity index (χ1v) is 7.66. The third-order valence-electron chi connectivity index (χ3n) is 2.82. The minimum absolute atomic E-state index is 0.126. The van der Waals surface area contributed by atoms with E-state index in [1.165, 1.54) is 23.5 Å². The van der Waals surface area contributed by atoms with E-state index >= 15 is 0 Å². The van der Waals surface area contributed by atoms with Crippen molar-refractivity contribution in [2.45, 2.75) is 18.2 Å². The number of hydrogen-bond acceptors (Lipinski definition) is 4. The molecule has 0 heterocycles. The summed E-state index contributed by atoms with van der Waals surface area (Å²) in [5.74, 6) is -0.359. The SMILES string of the molecule is C=CCN(CC)S(=O)(=O)c1ccc(CC(=O)OC)cc1. The van der Waals surface area contributed by atoms with Crippen molar-refractivity contribution in [2.75, 3.05) is 20.2 Å². The molecule has 0 aliphatic heterocycles. The van der Waals surface area contributed by atoms with Crippen molar-refractivity contribution < 1.29 is 17.9 Å². The van der Waals surface area contributed by atoms with Crippen LogP contribution in [0.3, 0.4) is 0 Å². The minimum Gasteiger partial charge on any atom is -0.469 e. The second-order valence-electron chi connectivity index (χ2n) is 4.14. The number of benzene rings is 1. The summed E-state index contributed by atoms with van der Waals surface area (Å²) in [7, 11) is -2.20. The van der Waals surface area contributed by atoms with Gasteiger partial charge in [0.15, 0.2) is 0 Å². The Morgan fingerprint density at radius 1 is 1.35 bits per heavy atom. The van der Waals surface area contributed by atoms with Crippen LogP contribution in [0.4, 0.5) is 0 Å². The summed E-state index contributed by atoms with van der Waals surface area (Å²) in [5.41, 5.74) is 0.711. The highest BCUT2D eigenvalue weighted by molar-refractivity contribution is 7.89. The highest BCUT2D eigenvalue weighted by Gasteiger charge is 2.21. The van der Waals surface area contributed by atoms with Gasteiger partial charge < -0.3 is 4.74 Å². The van der Waals surface area contributed by atoms with E-state index in [1.807, 2.05) is 0 Å². The topological polar surface area (TPSA) is 63.7 Å². The van der Waals surface area contributed by atoms with Crippen LogP contribution in [0.5, 0.6) is 0 Å². The van der Waals surface area contributed by atoms with Crippen LogP contribution in [-0.2, 0) is 26.0 Å². The van der Waals surface area contributed by atoms with Crippen LogP contribution in [0.1, 0.15) is 12.5 Å². The normalized spacial score (nSPS) is 11.3. The Kier molecular flexibility index (Phi) is 5.91. The Labute approximate surface area is 119 Å². The first-order chi connectivity index (χ1) is 9.45. The molecule has 1 rings (SSSR count). The maximum atomic E-state index is 12.3. The van der Waals surface area contributed by atoms with Crippen molar-refractivity contribution in [1.82, 2.24) is 4.31 Å². The molecule has 0 spiro atoms. The van der Waals surface area contributed by atoms with E-state index in [1.54, 1.807) is 25.1 Å². The molecule has 1 aromatic rings. The molecule has 0 unspecified atom stereocenters. The average Bonchev–Trinajstić information content (AvgIpc) is 2.44. The summed E-state index contributed by atoms with van der Waals surface area (Å²) in [5, 5.41) is 0. The van der Waals surface area contributed by atoms with Gasteiger partial charge in [-0.1, -0.05) is 25.1 Å². The van der Waals surface area contributed by atoms with Crippen LogP contribution in [0.15, 0.2) is 41.8 Å². The van der Waals surface area contributed by atoms with Gasteiger partial charge >= 0.3 is 5.97 Å². The Balaban J connectivity index is 2.97. The van der Waals surface area contributed by atoms with Crippen LogP contribution in [0, 0.1) is 0 Å². The lowest BCUT2D eigenvalue weighted by Gasteiger charge is -2.18. The molecule has 0 fully saturated rings. The largest absolute Gasteiger partial charge is 0.469 e. The van der Waals surface area contributed by atoms with E-state index < -0.39 is 10.0 Å². The quantitative estimate of drug-likeness (QED) is 0.566. The van der Waals surface area contributed by atoms with E-state index in [-0.39, 0.29) is 23.8 Å². The molecule has 110 valence electrons. The van der Waals surface area contributed by atoms with Gasteiger partial charge in [0.25, 0.3) is 0 Å². The second kappa shape index (κ2) is 7.21. The fourth-order valence-electron chi connectivity index (χ4n) is 1.71. The van der Waals surface area contributed by atoms with E-state index in [9.17, 15) is 13.2 Å². The van der Waals surface area contributed by atoms with Crippen LogP contribution < -0.4 is 0 Å². The van der Waals surface area contributed by atoms with Gasteiger partial charge in [0, 0.05) is 13.1 Å². The molecular formula is C14H19NO4S. The zero-order chi connectivity index (χ0) is 15.2. The maximum absolute atomic E-state index is 12.3. The molecule has 6 heteroatoms. The Morgan fingerprint density at radius 2 is 1.95 bits per heavy atom. The second-order valence-corrected chi connectivity index (χ2v) is 6.08. The molecule has 0 bridgehead atoms. The molecule has 0 atom stereocenters. The van der Waals surface area contributed by atoms with Crippen molar-refractivity contribution in [1.29, 1.82) is 0 Å². The van der Waals surface area contributed by atoms with E-state index in [0.717, 1.165) is 0 Å². The van der Waals surface area contributed by atoms with Gasteiger partial charge in [0.05, 0.1) is 18.4 Å². The summed E-state index contributed by atoms with van der Waals surface area (Å²) in [6, 6.07) is 6.23. The lowest BCUT2D eigenvalue weighted by molar-refractivity contribution is -0.139. The van der Waals surface area contributed by atoms with Crippen molar-refractivity contribution >= 4 is 16.0 Å². The van der Waals surface area contributed by atoms with Gasteiger partial charge in [0.1, 0.15) is 0 Å². The molecule has 0 amide bonds. The number of carbonyl (C=O) groups excluding carboxylic acids is 1. The molecular weight excluding hydrogens is 278 g/mol. The predicted molar refractivity (Wildman–Crippen MR) is 76.8 cm³/mol. The molecule has 0 radical (unpaired) electrons. The number of esters is 1. The number of ether oxygens (including phenoxy) is 1. The minimum atomic E-state index is -3.52. The molecule has 0 aromatic heterocycles. The number of sulfonamides is 1. The van der Waals surface area contributed by atoms with Crippen molar-refractivity contribution in [2.24, 2.45) is 0 Å². The van der Waals surface area contributed by atoms with Gasteiger partial charge in [-0.2, -0.15) is 4.31 Å². The first kappa shape index (κ1) is 16.4. The van der Waals surface area contributed by atoms with E-state index in [4.69, 9.17) is 0 Å². The van der Waals surface area contributed by atoms with Crippen LogP contribution in [-0.4, -0.2) is 38.9 Å². The number of methoxy groups -OCH3 is 1. The summed E-state index contributed by atoms with van der Waals surface area (Å²) < 4.78 is 30.6. The van der Waals surface area contributed by atoms with Crippen molar-refractivity contribution in [3.8, 4) is 0 Å². The smallest absolute Gasteiger partial charge is 0.309 e. The molecule has 0 saturated carbocycles. The summed E-state index contributed by atoms with van der Waals surface area (Å²) in [6.07, 6.45) is 1.67. The van der Waals surface area contributed by atoms with E-state index in [0.29, 0.717) is 12.1 Å². The fourth-order valence-corrected chi connectivity index (χ4v) is 3.13. The number of hydrogen-bond donors (Lipinski definition) is 0. The zero-order valence-electron chi connectivity index (χ0n) is 11.7.